The van der Waals surface area contributed by atoms with Crippen molar-refractivity contribution in [3.05, 3.63) is 0 Å². The smallest absolute Gasteiger partial charge is 0.307 e. The first-order valence-electron chi connectivity index (χ1n) is 4.36. The molecule has 12 heteroatoms. The van der Waals surface area contributed by atoms with Gasteiger partial charge in [0.15, 0.2) is 0 Å². The number of ether oxygens (including phenoxy) is 3. The molecule has 1 fully saturated rings. The monoisotopic (exact) mass is 308 g/mol. The standard InChI is InChI=1S/C7H5F9O3/c1-3(8)5(12,13)19-6(14,15)7(16,18-3)17-2-4(9,10)11/h2H2,1H3. The van der Waals surface area contributed by atoms with Crippen molar-refractivity contribution in [2.75, 3.05) is 6.61 Å². The highest BCUT2D eigenvalue weighted by Crippen LogP contribution is 2.52. The molecule has 1 heterocycles. The minimum absolute atomic E-state index is 0.215. The van der Waals surface area contributed by atoms with Crippen molar-refractivity contribution in [3.63, 3.8) is 0 Å². The third-order valence-corrected chi connectivity index (χ3v) is 1.87. The van der Waals surface area contributed by atoms with E-state index in [1.807, 2.05) is 0 Å². The van der Waals surface area contributed by atoms with Gasteiger partial charge in [0.05, 0.1) is 0 Å². The highest BCUT2D eigenvalue weighted by atomic mass is 19.4. The molecule has 1 saturated heterocycles. The minimum atomic E-state index is -5.66. The molecular weight excluding hydrogens is 303 g/mol. The molecule has 0 amide bonds. The van der Waals surface area contributed by atoms with Gasteiger partial charge in [0.25, 0.3) is 0 Å². The van der Waals surface area contributed by atoms with Gasteiger partial charge in [0.1, 0.15) is 6.61 Å². The molecule has 0 spiro atoms. The van der Waals surface area contributed by atoms with Crippen LogP contribution in [0.2, 0.25) is 0 Å². The van der Waals surface area contributed by atoms with E-state index in [0.29, 0.717) is 0 Å². The van der Waals surface area contributed by atoms with Crippen LogP contribution in [0.4, 0.5) is 39.5 Å². The molecule has 0 radical (unpaired) electrons. The highest BCUT2D eigenvalue weighted by Gasteiger charge is 2.77. The molecule has 114 valence electrons. The molecule has 2 atom stereocenters. The van der Waals surface area contributed by atoms with E-state index in [0.717, 1.165) is 0 Å². The van der Waals surface area contributed by atoms with Crippen molar-refractivity contribution in [2.24, 2.45) is 0 Å². The maximum Gasteiger partial charge on any atom is 0.448 e. The van der Waals surface area contributed by atoms with Crippen LogP contribution in [-0.4, -0.2) is 36.9 Å². The molecule has 2 unspecified atom stereocenters. The van der Waals surface area contributed by atoms with Crippen LogP contribution in [0.25, 0.3) is 0 Å². The topological polar surface area (TPSA) is 27.7 Å². The SMILES string of the molecule is CC1(F)OC(F)(OCC(F)(F)F)C(F)(F)OC1(F)F. The summed E-state index contributed by atoms with van der Waals surface area (Å²) >= 11 is 0. The second-order valence-corrected chi connectivity index (χ2v) is 3.59. The summed E-state index contributed by atoms with van der Waals surface area (Å²) in [6.07, 6.45) is -16.2. The Hall–Kier alpha value is -0.750. The third kappa shape index (κ3) is 3.05. The summed E-state index contributed by atoms with van der Waals surface area (Å²) in [5.41, 5.74) is 0. The molecule has 1 rings (SSSR count). The average molecular weight is 308 g/mol. The summed E-state index contributed by atoms with van der Waals surface area (Å²) in [5.74, 6) is -4.46. The number of alkyl halides is 9. The van der Waals surface area contributed by atoms with Gasteiger partial charge in [-0.25, -0.2) is 9.13 Å². The van der Waals surface area contributed by atoms with Gasteiger partial charge >= 0.3 is 30.3 Å². The van der Waals surface area contributed by atoms with E-state index >= 15 is 0 Å². The first-order chi connectivity index (χ1) is 8.12. The van der Waals surface area contributed by atoms with Crippen molar-refractivity contribution in [1.82, 2.24) is 0 Å². The third-order valence-electron chi connectivity index (χ3n) is 1.87. The molecule has 3 nitrogen and oxygen atoms in total. The Bertz CT molecular complexity index is 352. The van der Waals surface area contributed by atoms with E-state index in [1.165, 1.54) is 0 Å². The Morgan fingerprint density at radius 2 is 1.37 bits per heavy atom. The number of rotatable bonds is 2. The maximum atomic E-state index is 13.3. The second-order valence-electron chi connectivity index (χ2n) is 3.59. The molecule has 0 bridgehead atoms. The van der Waals surface area contributed by atoms with Gasteiger partial charge < -0.3 is 4.74 Å². The van der Waals surface area contributed by atoms with E-state index in [2.05, 4.69) is 14.2 Å². The predicted octanol–water partition coefficient (Wildman–Crippen LogP) is 3.11. The van der Waals surface area contributed by atoms with Crippen LogP contribution >= 0.6 is 0 Å². The summed E-state index contributed by atoms with van der Waals surface area (Å²) in [6.45, 7) is -2.85. The lowest BCUT2D eigenvalue weighted by molar-refractivity contribution is -0.606. The average Bonchev–Trinajstić information content (AvgIpc) is 2.09. The Kier molecular flexibility index (Phi) is 3.54. The predicted molar refractivity (Wildman–Crippen MR) is 37.4 cm³/mol. The van der Waals surface area contributed by atoms with E-state index < -0.39 is 36.9 Å². The molecule has 0 N–H and O–H groups in total. The molecule has 1 aliphatic rings. The lowest BCUT2D eigenvalue weighted by atomic mass is 10.3. The second kappa shape index (κ2) is 4.12. The quantitative estimate of drug-likeness (QED) is 0.734. The van der Waals surface area contributed by atoms with Gasteiger partial charge in [0, 0.05) is 6.92 Å². The van der Waals surface area contributed by atoms with Gasteiger partial charge in [-0.3, -0.25) is 4.74 Å². The molecule has 0 aliphatic carbocycles. The number of hydrogen-bond acceptors (Lipinski definition) is 3. The zero-order valence-electron chi connectivity index (χ0n) is 8.83. The van der Waals surface area contributed by atoms with Crippen LogP contribution < -0.4 is 0 Å². The van der Waals surface area contributed by atoms with Crippen LogP contribution in [0.1, 0.15) is 6.92 Å². The summed E-state index contributed by atoms with van der Waals surface area (Å²) < 4.78 is 121. The summed E-state index contributed by atoms with van der Waals surface area (Å²) in [5, 5.41) is 0. The largest absolute Gasteiger partial charge is 0.448 e. The van der Waals surface area contributed by atoms with Gasteiger partial charge in [-0.2, -0.15) is 35.1 Å². The molecular formula is C7H5F9O3. The number of hydrogen-bond donors (Lipinski definition) is 0. The Morgan fingerprint density at radius 1 is 0.895 bits per heavy atom. The minimum Gasteiger partial charge on any atom is -0.307 e. The number of halogens is 9. The summed E-state index contributed by atoms with van der Waals surface area (Å²) in [4.78, 5) is 0. The van der Waals surface area contributed by atoms with Crippen molar-refractivity contribution < 1.29 is 53.7 Å². The lowest BCUT2D eigenvalue weighted by Crippen LogP contribution is -2.67. The Labute approximate surface area is 98.8 Å². The van der Waals surface area contributed by atoms with Crippen LogP contribution in [0.15, 0.2) is 0 Å². The van der Waals surface area contributed by atoms with Gasteiger partial charge in [-0.1, -0.05) is 0 Å². The fourth-order valence-electron chi connectivity index (χ4n) is 0.967. The molecule has 0 aromatic heterocycles. The van der Waals surface area contributed by atoms with E-state index in [9.17, 15) is 39.5 Å². The van der Waals surface area contributed by atoms with Crippen molar-refractivity contribution in [1.29, 1.82) is 0 Å². The Morgan fingerprint density at radius 3 is 1.79 bits per heavy atom. The Balaban J connectivity index is 3.00. The normalized spacial score (nSPS) is 38.2. The lowest BCUT2D eigenvalue weighted by Gasteiger charge is -2.44. The summed E-state index contributed by atoms with van der Waals surface area (Å²) in [6, 6.07) is -5.16. The molecule has 0 aromatic carbocycles. The highest BCUT2D eigenvalue weighted by molar-refractivity contribution is 4.86. The molecule has 19 heavy (non-hydrogen) atoms. The van der Waals surface area contributed by atoms with Crippen molar-refractivity contribution >= 4 is 0 Å². The van der Waals surface area contributed by atoms with Gasteiger partial charge in [-0.15, -0.1) is 0 Å². The molecule has 0 saturated carbocycles. The van der Waals surface area contributed by atoms with Gasteiger partial charge in [-0.05, 0) is 0 Å². The fraction of sp³-hybridized carbons (Fsp3) is 1.00. The van der Waals surface area contributed by atoms with Crippen LogP contribution in [0, 0.1) is 0 Å². The maximum absolute atomic E-state index is 13.3. The first kappa shape index (κ1) is 16.3. The van der Waals surface area contributed by atoms with E-state index in [4.69, 9.17) is 0 Å². The zero-order chi connectivity index (χ0) is 15.3. The van der Waals surface area contributed by atoms with Crippen LogP contribution in [-0.2, 0) is 14.2 Å². The van der Waals surface area contributed by atoms with E-state index in [1.54, 1.807) is 0 Å². The fourth-order valence-corrected chi connectivity index (χ4v) is 0.967. The van der Waals surface area contributed by atoms with E-state index in [-0.39, 0.29) is 6.92 Å². The van der Waals surface area contributed by atoms with Crippen molar-refractivity contribution in [3.8, 4) is 0 Å². The van der Waals surface area contributed by atoms with Crippen molar-refractivity contribution in [2.45, 2.75) is 37.2 Å². The van der Waals surface area contributed by atoms with Crippen LogP contribution in [0.3, 0.4) is 0 Å². The first-order valence-corrected chi connectivity index (χ1v) is 4.36. The zero-order valence-corrected chi connectivity index (χ0v) is 8.83. The summed E-state index contributed by atoms with van der Waals surface area (Å²) in [7, 11) is 0. The van der Waals surface area contributed by atoms with Crippen LogP contribution in [0.5, 0.6) is 0 Å². The van der Waals surface area contributed by atoms with Gasteiger partial charge in [0.2, 0.25) is 0 Å². The molecule has 0 aromatic rings. The molecule has 1 aliphatic heterocycles.